The maximum Gasteiger partial charge on any atom is 0.251 e. The Balaban J connectivity index is 1.31. The van der Waals surface area contributed by atoms with E-state index in [1.165, 1.54) is 0 Å². The molecule has 2 aliphatic rings. The molecule has 2 saturated heterocycles. The lowest BCUT2D eigenvalue weighted by molar-refractivity contribution is -0.131. The molecule has 0 bridgehead atoms. The third-order valence-electron chi connectivity index (χ3n) is 5.22. The molecule has 7 nitrogen and oxygen atoms in total. The van der Waals surface area contributed by atoms with E-state index in [-0.39, 0.29) is 29.7 Å². The third kappa shape index (κ3) is 3.42. The summed E-state index contributed by atoms with van der Waals surface area (Å²) in [5.41, 5.74) is 1.62. The van der Waals surface area contributed by atoms with E-state index in [0.29, 0.717) is 38.0 Å². The summed E-state index contributed by atoms with van der Waals surface area (Å²) in [4.78, 5) is 41.0. The molecule has 1 aromatic heterocycles. The first-order chi connectivity index (χ1) is 12.6. The van der Waals surface area contributed by atoms with Crippen LogP contribution in [0, 0.1) is 5.92 Å². The van der Waals surface area contributed by atoms with Crippen molar-refractivity contribution in [1.29, 1.82) is 0 Å². The number of rotatable bonds is 4. The average molecular weight is 354 g/mol. The lowest BCUT2D eigenvalue weighted by Gasteiger charge is -2.18. The van der Waals surface area contributed by atoms with Crippen LogP contribution in [0.4, 0.5) is 0 Å². The van der Waals surface area contributed by atoms with Gasteiger partial charge in [-0.25, -0.2) is 0 Å². The molecule has 1 aromatic carbocycles. The van der Waals surface area contributed by atoms with Gasteiger partial charge in [-0.15, -0.1) is 0 Å². The quantitative estimate of drug-likeness (QED) is 0.765. The topological polar surface area (TPSA) is 94.3 Å². The second kappa shape index (κ2) is 6.82. The Hall–Kier alpha value is -2.83. The van der Waals surface area contributed by atoms with E-state index in [1.807, 2.05) is 24.4 Å². The summed E-state index contributed by atoms with van der Waals surface area (Å²) in [5, 5.41) is 6.79. The van der Waals surface area contributed by atoms with E-state index in [0.717, 1.165) is 17.3 Å². The lowest BCUT2D eigenvalue weighted by Crippen LogP contribution is -2.38. The second-order valence-electron chi connectivity index (χ2n) is 7.16. The predicted molar refractivity (Wildman–Crippen MR) is 96.5 cm³/mol. The molecule has 3 amide bonds. The number of carbonyl (C=O) groups is 3. The van der Waals surface area contributed by atoms with E-state index < -0.39 is 0 Å². The van der Waals surface area contributed by atoms with E-state index in [4.69, 9.17) is 0 Å². The van der Waals surface area contributed by atoms with Gasteiger partial charge in [0.2, 0.25) is 11.8 Å². The van der Waals surface area contributed by atoms with E-state index >= 15 is 0 Å². The molecule has 26 heavy (non-hydrogen) atoms. The van der Waals surface area contributed by atoms with Gasteiger partial charge in [0.15, 0.2) is 0 Å². The van der Waals surface area contributed by atoms with Crippen molar-refractivity contribution < 1.29 is 14.4 Å². The largest absolute Gasteiger partial charge is 0.361 e. The molecule has 3 N–H and O–H groups in total. The molecule has 0 spiro atoms. The third-order valence-corrected chi connectivity index (χ3v) is 5.22. The molecule has 3 heterocycles. The zero-order valence-corrected chi connectivity index (χ0v) is 14.5. The molecule has 4 rings (SSSR count). The molecular weight excluding hydrogens is 332 g/mol. The van der Waals surface area contributed by atoms with Crippen molar-refractivity contribution in [2.24, 2.45) is 5.92 Å². The summed E-state index contributed by atoms with van der Waals surface area (Å²) in [6.45, 7) is 1.76. The Labute approximate surface area is 151 Å². The van der Waals surface area contributed by atoms with Crippen LogP contribution in [0.5, 0.6) is 0 Å². The molecule has 2 aliphatic heterocycles. The minimum Gasteiger partial charge on any atom is -0.361 e. The molecule has 0 radical (unpaired) electrons. The van der Waals surface area contributed by atoms with Crippen LogP contribution in [0.2, 0.25) is 0 Å². The minimum atomic E-state index is -0.113. The number of aromatic nitrogens is 1. The van der Waals surface area contributed by atoms with Crippen molar-refractivity contribution in [2.75, 3.05) is 19.6 Å². The van der Waals surface area contributed by atoms with Gasteiger partial charge in [0.25, 0.3) is 5.91 Å². The van der Waals surface area contributed by atoms with Crippen LogP contribution >= 0.6 is 0 Å². The normalized spacial score (nSPS) is 22.6. The summed E-state index contributed by atoms with van der Waals surface area (Å²) in [5.74, 6) is 0.0699. The van der Waals surface area contributed by atoms with Crippen LogP contribution in [-0.4, -0.2) is 53.3 Å². The zero-order valence-electron chi connectivity index (χ0n) is 14.5. The van der Waals surface area contributed by atoms with Gasteiger partial charge >= 0.3 is 0 Å². The maximum absolute atomic E-state index is 12.5. The van der Waals surface area contributed by atoms with Crippen molar-refractivity contribution in [3.05, 3.63) is 36.0 Å². The van der Waals surface area contributed by atoms with Crippen LogP contribution in [-0.2, 0) is 9.59 Å². The number of aromatic amines is 1. The Morgan fingerprint density at radius 1 is 1.27 bits per heavy atom. The summed E-state index contributed by atoms with van der Waals surface area (Å²) in [6.07, 6.45) is 3.43. The number of nitrogens with zero attached hydrogens (tertiary/aromatic N) is 1. The van der Waals surface area contributed by atoms with Crippen LogP contribution in [0.1, 0.15) is 29.6 Å². The van der Waals surface area contributed by atoms with Gasteiger partial charge in [-0.05, 0) is 36.6 Å². The first kappa shape index (κ1) is 16.6. The zero-order chi connectivity index (χ0) is 18.1. The number of hydrogen-bond donors (Lipinski definition) is 3. The van der Waals surface area contributed by atoms with E-state index in [2.05, 4.69) is 15.6 Å². The highest BCUT2D eigenvalue weighted by molar-refractivity contribution is 5.98. The smallest absolute Gasteiger partial charge is 0.251 e. The summed E-state index contributed by atoms with van der Waals surface area (Å²) < 4.78 is 0. The van der Waals surface area contributed by atoms with Gasteiger partial charge in [-0.1, -0.05) is 0 Å². The fraction of sp³-hybridized carbons (Fsp3) is 0.421. The predicted octanol–water partition coefficient (Wildman–Crippen LogP) is 1.02. The molecule has 7 heteroatoms. The average Bonchev–Trinajstić information content (AvgIpc) is 3.35. The van der Waals surface area contributed by atoms with Gasteiger partial charge < -0.3 is 20.5 Å². The number of H-pyrrole nitrogens is 1. The fourth-order valence-corrected chi connectivity index (χ4v) is 3.75. The van der Waals surface area contributed by atoms with Gasteiger partial charge in [0.1, 0.15) is 0 Å². The van der Waals surface area contributed by atoms with Crippen LogP contribution in [0.15, 0.2) is 30.5 Å². The summed E-state index contributed by atoms with van der Waals surface area (Å²) in [7, 11) is 0. The van der Waals surface area contributed by atoms with Gasteiger partial charge in [-0.3, -0.25) is 14.4 Å². The first-order valence-corrected chi connectivity index (χ1v) is 9.01. The highest BCUT2D eigenvalue weighted by atomic mass is 16.2. The molecule has 0 aliphatic carbocycles. The minimum absolute atomic E-state index is 0.0220. The number of nitrogens with one attached hydrogen (secondary N) is 3. The number of benzene rings is 1. The monoisotopic (exact) mass is 354 g/mol. The SMILES string of the molecule is O=C1CC(CC(=O)N2CC[C@@H](NC(=O)c3ccc4[nH]ccc4c3)C2)CN1. The maximum atomic E-state index is 12.5. The van der Waals surface area contributed by atoms with Crippen LogP contribution < -0.4 is 10.6 Å². The van der Waals surface area contributed by atoms with Crippen molar-refractivity contribution in [2.45, 2.75) is 25.3 Å². The Kier molecular flexibility index (Phi) is 4.36. The number of fused-ring (bicyclic) bond motifs is 1. The van der Waals surface area contributed by atoms with Crippen molar-refractivity contribution in [3.8, 4) is 0 Å². The standard InChI is InChI=1S/C19H22N4O3/c24-17-7-12(10-21-17)8-18(25)23-6-4-15(11-23)22-19(26)14-1-2-16-13(9-14)3-5-20-16/h1-3,5,9,12,15,20H,4,6-8,10-11H2,(H,21,24)(H,22,26)/t12?,15-/m1/s1. The Morgan fingerprint density at radius 3 is 2.96 bits per heavy atom. The Morgan fingerprint density at radius 2 is 2.15 bits per heavy atom. The number of carbonyl (C=O) groups excluding carboxylic acids is 3. The lowest BCUT2D eigenvalue weighted by atomic mass is 10.0. The number of amides is 3. The molecule has 2 aromatic rings. The van der Waals surface area contributed by atoms with Gasteiger partial charge in [0, 0.05) is 61.2 Å². The Bertz CT molecular complexity index is 859. The molecular formula is C19H22N4O3. The fourth-order valence-electron chi connectivity index (χ4n) is 3.75. The molecule has 2 fully saturated rings. The highest BCUT2D eigenvalue weighted by Crippen LogP contribution is 2.19. The number of hydrogen-bond acceptors (Lipinski definition) is 3. The first-order valence-electron chi connectivity index (χ1n) is 9.01. The summed E-state index contributed by atoms with van der Waals surface area (Å²) >= 11 is 0. The number of likely N-dealkylation sites (tertiary alicyclic amines) is 1. The van der Waals surface area contributed by atoms with E-state index in [1.54, 1.807) is 11.0 Å². The van der Waals surface area contributed by atoms with Crippen molar-refractivity contribution >= 4 is 28.6 Å². The van der Waals surface area contributed by atoms with Crippen LogP contribution in [0.3, 0.4) is 0 Å². The molecule has 1 unspecified atom stereocenters. The molecule has 0 saturated carbocycles. The summed E-state index contributed by atoms with van der Waals surface area (Å²) in [6, 6.07) is 7.46. The van der Waals surface area contributed by atoms with Crippen molar-refractivity contribution in [3.63, 3.8) is 0 Å². The van der Waals surface area contributed by atoms with Gasteiger partial charge in [0.05, 0.1) is 0 Å². The van der Waals surface area contributed by atoms with Crippen molar-refractivity contribution in [1.82, 2.24) is 20.5 Å². The molecule has 136 valence electrons. The van der Waals surface area contributed by atoms with Crippen LogP contribution in [0.25, 0.3) is 10.9 Å². The van der Waals surface area contributed by atoms with E-state index in [9.17, 15) is 14.4 Å². The molecule has 2 atom stereocenters. The second-order valence-corrected chi connectivity index (χ2v) is 7.16. The highest BCUT2D eigenvalue weighted by Gasteiger charge is 2.31. The van der Waals surface area contributed by atoms with Gasteiger partial charge in [-0.2, -0.15) is 0 Å².